The molecule has 3 aromatic rings. The molecule has 0 aliphatic heterocycles. The second kappa shape index (κ2) is 9.43. The van der Waals surface area contributed by atoms with Gasteiger partial charge in [0.15, 0.2) is 6.10 Å². The topological polar surface area (TPSA) is 38.3 Å². The number of rotatable bonds is 8. The Balaban J connectivity index is 1.55. The Kier molecular flexibility index (Phi) is 6.72. The molecule has 0 saturated heterocycles. The van der Waals surface area contributed by atoms with Gasteiger partial charge in [-0.05, 0) is 42.3 Å². The summed E-state index contributed by atoms with van der Waals surface area (Å²) in [5.41, 5.74) is 1.10. The Morgan fingerprint density at radius 1 is 1.04 bits per heavy atom. The molecular weight excluding hydrogens is 358 g/mol. The van der Waals surface area contributed by atoms with Crippen molar-refractivity contribution in [2.75, 3.05) is 6.54 Å². The van der Waals surface area contributed by atoms with Gasteiger partial charge >= 0.3 is 0 Å². The van der Waals surface area contributed by atoms with Crippen molar-refractivity contribution in [3.63, 3.8) is 0 Å². The van der Waals surface area contributed by atoms with Crippen LogP contribution in [0.5, 0.6) is 5.75 Å². The fraction of sp³-hybridized carbons (Fsp3) is 0.261. The van der Waals surface area contributed by atoms with Crippen molar-refractivity contribution in [1.82, 2.24) is 5.32 Å². The van der Waals surface area contributed by atoms with Crippen LogP contribution in [0.3, 0.4) is 0 Å². The summed E-state index contributed by atoms with van der Waals surface area (Å²) in [5, 5.41) is 5.88. The fourth-order valence-corrected chi connectivity index (χ4v) is 3.31. The van der Waals surface area contributed by atoms with Gasteiger partial charge in [0.2, 0.25) is 0 Å². The van der Waals surface area contributed by atoms with Gasteiger partial charge in [0.25, 0.3) is 5.91 Å². The second-order valence-electron chi connectivity index (χ2n) is 6.48. The van der Waals surface area contributed by atoms with E-state index < -0.39 is 6.10 Å². The summed E-state index contributed by atoms with van der Waals surface area (Å²) in [6.45, 7) is 2.55. The van der Waals surface area contributed by atoms with E-state index in [9.17, 15) is 4.79 Å². The van der Waals surface area contributed by atoms with E-state index in [4.69, 9.17) is 16.3 Å². The molecule has 1 N–H and O–H groups in total. The van der Waals surface area contributed by atoms with Crippen molar-refractivity contribution >= 4 is 28.3 Å². The Morgan fingerprint density at radius 2 is 1.78 bits per heavy atom. The lowest BCUT2D eigenvalue weighted by atomic mass is 10.1. The first-order chi connectivity index (χ1) is 13.2. The highest BCUT2D eigenvalue weighted by atomic mass is 35.5. The molecule has 0 aliphatic carbocycles. The van der Waals surface area contributed by atoms with Crippen LogP contribution in [0.4, 0.5) is 0 Å². The summed E-state index contributed by atoms with van der Waals surface area (Å²) in [7, 11) is 0. The largest absolute Gasteiger partial charge is 0.480 e. The third-order valence-electron chi connectivity index (χ3n) is 4.56. The number of hydrogen-bond donors (Lipinski definition) is 1. The maximum absolute atomic E-state index is 12.5. The van der Waals surface area contributed by atoms with Crippen molar-refractivity contribution < 1.29 is 9.53 Å². The molecule has 1 amide bonds. The molecule has 0 saturated carbocycles. The van der Waals surface area contributed by atoms with Crippen LogP contribution >= 0.6 is 11.6 Å². The zero-order valence-corrected chi connectivity index (χ0v) is 16.2. The number of carbonyl (C=O) groups is 1. The Bertz CT molecular complexity index is 904. The van der Waals surface area contributed by atoms with E-state index in [-0.39, 0.29) is 5.91 Å². The number of halogens is 1. The molecule has 1 atom stereocenters. The van der Waals surface area contributed by atoms with Crippen LogP contribution in [0.1, 0.15) is 25.3 Å². The highest BCUT2D eigenvalue weighted by Gasteiger charge is 2.18. The number of hydrogen-bond acceptors (Lipinski definition) is 2. The predicted molar refractivity (Wildman–Crippen MR) is 111 cm³/mol. The van der Waals surface area contributed by atoms with Gasteiger partial charge in [-0.15, -0.1) is 0 Å². The third-order valence-corrected chi connectivity index (χ3v) is 4.93. The number of nitrogens with one attached hydrogen (secondary N) is 1. The van der Waals surface area contributed by atoms with Crippen LogP contribution in [0.2, 0.25) is 5.02 Å². The third kappa shape index (κ3) is 5.01. The van der Waals surface area contributed by atoms with Gasteiger partial charge in [-0.1, -0.05) is 73.1 Å². The first kappa shape index (κ1) is 19.2. The lowest BCUT2D eigenvalue weighted by molar-refractivity contribution is -0.128. The number of amides is 1. The van der Waals surface area contributed by atoms with E-state index >= 15 is 0 Å². The molecule has 27 heavy (non-hydrogen) atoms. The van der Waals surface area contributed by atoms with Crippen molar-refractivity contribution in [2.45, 2.75) is 32.3 Å². The highest BCUT2D eigenvalue weighted by Crippen LogP contribution is 2.26. The Morgan fingerprint density at radius 3 is 2.59 bits per heavy atom. The van der Waals surface area contributed by atoms with E-state index in [1.807, 2.05) is 73.7 Å². The van der Waals surface area contributed by atoms with Crippen LogP contribution < -0.4 is 10.1 Å². The van der Waals surface area contributed by atoms with Crippen LogP contribution in [0, 0.1) is 0 Å². The van der Waals surface area contributed by atoms with Crippen molar-refractivity contribution in [3.05, 3.63) is 77.3 Å². The zero-order valence-electron chi connectivity index (χ0n) is 15.5. The van der Waals surface area contributed by atoms with E-state index in [2.05, 4.69) is 5.32 Å². The molecule has 0 heterocycles. The average Bonchev–Trinajstić information content (AvgIpc) is 2.70. The van der Waals surface area contributed by atoms with E-state index in [1.165, 1.54) is 0 Å². The summed E-state index contributed by atoms with van der Waals surface area (Å²) in [5.74, 6) is 0.663. The van der Waals surface area contributed by atoms with E-state index in [1.54, 1.807) is 0 Å². The van der Waals surface area contributed by atoms with Gasteiger partial charge in [0.05, 0.1) is 0 Å². The van der Waals surface area contributed by atoms with E-state index in [0.717, 1.165) is 39.9 Å². The normalized spacial score (nSPS) is 11.9. The molecule has 3 rings (SSSR count). The average molecular weight is 382 g/mol. The molecule has 0 spiro atoms. The lowest BCUT2D eigenvalue weighted by Gasteiger charge is -2.18. The smallest absolute Gasteiger partial charge is 0.261 e. The molecule has 0 unspecified atom stereocenters. The molecule has 0 bridgehead atoms. The zero-order chi connectivity index (χ0) is 19.1. The summed E-state index contributed by atoms with van der Waals surface area (Å²) >= 11 is 6.17. The summed E-state index contributed by atoms with van der Waals surface area (Å²) in [6.07, 6.45) is 1.77. The molecule has 0 fully saturated rings. The first-order valence-electron chi connectivity index (χ1n) is 9.34. The summed E-state index contributed by atoms with van der Waals surface area (Å²) in [6, 6.07) is 21.7. The first-order valence-corrected chi connectivity index (χ1v) is 9.72. The van der Waals surface area contributed by atoms with Gasteiger partial charge < -0.3 is 10.1 Å². The number of fused-ring (bicyclic) bond motifs is 1. The number of ether oxygens (including phenoxy) is 1. The minimum Gasteiger partial charge on any atom is -0.480 e. The van der Waals surface area contributed by atoms with Gasteiger partial charge in [0, 0.05) is 17.0 Å². The highest BCUT2D eigenvalue weighted by molar-refractivity contribution is 6.31. The van der Waals surface area contributed by atoms with Crippen molar-refractivity contribution in [1.29, 1.82) is 0 Å². The summed E-state index contributed by atoms with van der Waals surface area (Å²) in [4.78, 5) is 12.5. The van der Waals surface area contributed by atoms with Gasteiger partial charge in [-0.2, -0.15) is 0 Å². The van der Waals surface area contributed by atoms with Crippen molar-refractivity contribution in [3.8, 4) is 5.75 Å². The molecule has 3 aromatic carbocycles. The fourth-order valence-electron chi connectivity index (χ4n) is 3.08. The van der Waals surface area contributed by atoms with Gasteiger partial charge in [-0.25, -0.2) is 0 Å². The molecule has 4 heteroatoms. The maximum atomic E-state index is 12.5. The molecule has 0 aliphatic rings. The van der Waals surface area contributed by atoms with Crippen molar-refractivity contribution in [2.24, 2.45) is 0 Å². The van der Waals surface area contributed by atoms with Gasteiger partial charge in [0.1, 0.15) is 5.75 Å². The molecule has 0 aromatic heterocycles. The van der Waals surface area contributed by atoms with Crippen LogP contribution in [-0.4, -0.2) is 18.6 Å². The standard InChI is InChI=1S/C23H24ClNO2/c1-2-21(27-22-15-7-11-17-9-3-5-13-19(17)22)23(26)25-16-8-12-18-10-4-6-14-20(18)24/h3-7,9-11,13-15,21H,2,8,12,16H2,1H3,(H,25,26)/t21-/m1/s1. The number of benzene rings is 3. The van der Waals surface area contributed by atoms with Gasteiger partial charge in [-0.3, -0.25) is 4.79 Å². The molecular formula is C23H24ClNO2. The molecule has 140 valence electrons. The van der Waals surface area contributed by atoms with Crippen LogP contribution in [0.15, 0.2) is 66.7 Å². The molecule has 0 radical (unpaired) electrons. The predicted octanol–water partition coefficient (Wildman–Crippen LogP) is 5.40. The quantitative estimate of drug-likeness (QED) is 0.530. The monoisotopic (exact) mass is 381 g/mol. The number of carbonyl (C=O) groups excluding carboxylic acids is 1. The second-order valence-corrected chi connectivity index (χ2v) is 6.89. The summed E-state index contributed by atoms with van der Waals surface area (Å²) < 4.78 is 6.04. The number of aryl methyl sites for hydroxylation is 1. The van der Waals surface area contributed by atoms with E-state index in [0.29, 0.717) is 13.0 Å². The van der Waals surface area contributed by atoms with Crippen LogP contribution in [-0.2, 0) is 11.2 Å². The lowest BCUT2D eigenvalue weighted by Crippen LogP contribution is -2.38. The minimum atomic E-state index is -0.504. The molecule has 3 nitrogen and oxygen atoms in total. The van der Waals surface area contributed by atoms with Crippen LogP contribution in [0.25, 0.3) is 10.8 Å². The minimum absolute atomic E-state index is 0.0791. The Labute approximate surface area is 165 Å². The Hall–Kier alpha value is -2.52. The SMILES string of the molecule is CC[C@@H](Oc1cccc2ccccc12)C(=O)NCCCc1ccccc1Cl. The maximum Gasteiger partial charge on any atom is 0.261 e.